The number of hydrogen-bond acceptors (Lipinski definition) is 5. The molecule has 5 rings (SSSR count). The van der Waals surface area contributed by atoms with Crippen LogP contribution in [0.25, 0.3) is 0 Å². The molecule has 0 spiro atoms. The monoisotopic (exact) mass is 435 g/mol. The summed E-state index contributed by atoms with van der Waals surface area (Å²) in [5.41, 5.74) is 3.40. The maximum Gasteiger partial charge on any atom is 0.228 e. The first-order valence-electron chi connectivity index (χ1n) is 11.3. The molecule has 2 amide bonds. The highest BCUT2D eigenvalue weighted by atomic mass is 16.6. The SMILES string of the molecule is Cc1ccccc1CN1CCN(C(=O)[C@@H]2CC(=O)N(c3ccc4c(c3)OCCO4)C2)CC1. The smallest absolute Gasteiger partial charge is 0.228 e. The Morgan fingerprint density at radius 1 is 1.00 bits per heavy atom. The van der Waals surface area contributed by atoms with Gasteiger partial charge in [0.05, 0.1) is 5.92 Å². The molecule has 2 saturated heterocycles. The van der Waals surface area contributed by atoms with Crippen LogP contribution in [0.2, 0.25) is 0 Å². The summed E-state index contributed by atoms with van der Waals surface area (Å²) < 4.78 is 11.2. The Balaban J connectivity index is 1.18. The van der Waals surface area contributed by atoms with Gasteiger partial charge in [0.1, 0.15) is 13.2 Å². The molecule has 0 saturated carbocycles. The van der Waals surface area contributed by atoms with E-state index >= 15 is 0 Å². The van der Waals surface area contributed by atoms with Gasteiger partial charge in [-0.05, 0) is 30.2 Å². The number of rotatable bonds is 4. The molecule has 0 N–H and O–H groups in total. The molecule has 0 bridgehead atoms. The Morgan fingerprint density at radius 3 is 2.53 bits per heavy atom. The van der Waals surface area contributed by atoms with E-state index in [1.807, 2.05) is 23.1 Å². The molecule has 168 valence electrons. The van der Waals surface area contributed by atoms with Crippen LogP contribution in [0.5, 0.6) is 11.5 Å². The predicted octanol–water partition coefficient (Wildman–Crippen LogP) is 2.46. The highest BCUT2D eigenvalue weighted by molar-refractivity contribution is 6.00. The van der Waals surface area contributed by atoms with Crippen molar-refractivity contribution in [2.75, 3.05) is 50.8 Å². The van der Waals surface area contributed by atoms with Crippen LogP contribution in [0.4, 0.5) is 5.69 Å². The average Bonchev–Trinajstić information content (AvgIpc) is 3.22. The third kappa shape index (κ3) is 4.17. The molecule has 7 nitrogen and oxygen atoms in total. The van der Waals surface area contributed by atoms with E-state index in [0.717, 1.165) is 25.3 Å². The van der Waals surface area contributed by atoms with Crippen LogP contribution in [0.1, 0.15) is 17.5 Å². The van der Waals surface area contributed by atoms with E-state index in [9.17, 15) is 9.59 Å². The van der Waals surface area contributed by atoms with Gasteiger partial charge in [0.15, 0.2) is 11.5 Å². The van der Waals surface area contributed by atoms with Gasteiger partial charge >= 0.3 is 0 Å². The summed E-state index contributed by atoms with van der Waals surface area (Å²) in [7, 11) is 0. The minimum absolute atomic E-state index is 0.0155. The number of piperazine rings is 1. The highest BCUT2D eigenvalue weighted by Gasteiger charge is 2.38. The van der Waals surface area contributed by atoms with Crippen molar-refractivity contribution >= 4 is 17.5 Å². The molecule has 0 radical (unpaired) electrons. The van der Waals surface area contributed by atoms with E-state index in [2.05, 4.69) is 36.1 Å². The van der Waals surface area contributed by atoms with Crippen LogP contribution < -0.4 is 14.4 Å². The summed E-state index contributed by atoms with van der Waals surface area (Å²) in [6, 6.07) is 14.0. The zero-order chi connectivity index (χ0) is 22.1. The van der Waals surface area contributed by atoms with Crippen molar-refractivity contribution in [1.82, 2.24) is 9.80 Å². The van der Waals surface area contributed by atoms with Crippen molar-refractivity contribution in [1.29, 1.82) is 0 Å². The molecule has 3 aliphatic rings. The first-order valence-corrected chi connectivity index (χ1v) is 11.3. The summed E-state index contributed by atoms with van der Waals surface area (Å²) in [4.78, 5) is 31.9. The fourth-order valence-corrected chi connectivity index (χ4v) is 4.74. The Labute approximate surface area is 188 Å². The molecule has 0 unspecified atom stereocenters. The summed E-state index contributed by atoms with van der Waals surface area (Å²) >= 11 is 0. The Kier molecular flexibility index (Phi) is 5.74. The van der Waals surface area contributed by atoms with Crippen LogP contribution in [0, 0.1) is 12.8 Å². The van der Waals surface area contributed by atoms with Crippen LogP contribution in [-0.2, 0) is 16.1 Å². The number of nitrogens with zero attached hydrogens (tertiary/aromatic N) is 3. The third-order valence-electron chi connectivity index (χ3n) is 6.65. The van der Waals surface area contributed by atoms with E-state index in [-0.39, 0.29) is 24.2 Å². The van der Waals surface area contributed by atoms with Gasteiger partial charge < -0.3 is 19.3 Å². The first-order chi connectivity index (χ1) is 15.6. The van der Waals surface area contributed by atoms with Crippen LogP contribution in [0.3, 0.4) is 0 Å². The van der Waals surface area contributed by atoms with E-state index in [0.29, 0.717) is 44.3 Å². The lowest BCUT2D eigenvalue weighted by Gasteiger charge is -2.36. The van der Waals surface area contributed by atoms with Crippen molar-refractivity contribution < 1.29 is 19.1 Å². The largest absolute Gasteiger partial charge is 0.486 e. The Hall–Kier alpha value is -3.06. The molecule has 2 aromatic rings. The molecule has 32 heavy (non-hydrogen) atoms. The molecule has 2 fully saturated rings. The van der Waals surface area contributed by atoms with E-state index < -0.39 is 0 Å². The number of benzene rings is 2. The van der Waals surface area contributed by atoms with Crippen molar-refractivity contribution in [2.45, 2.75) is 19.9 Å². The molecular formula is C25H29N3O4. The lowest BCUT2D eigenvalue weighted by molar-refractivity contribution is -0.137. The van der Waals surface area contributed by atoms with Gasteiger partial charge in [-0.1, -0.05) is 24.3 Å². The van der Waals surface area contributed by atoms with Gasteiger partial charge in [0, 0.05) is 57.4 Å². The molecule has 3 aliphatic heterocycles. The number of fused-ring (bicyclic) bond motifs is 1. The number of ether oxygens (including phenoxy) is 2. The van der Waals surface area contributed by atoms with Crippen molar-refractivity contribution in [3.63, 3.8) is 0 Å². The Morgan fingerprint density at radius 2 is 1.75 bits per heavy atom. The lowest BCUT2D eigenvalue weighted by atomic mass is 10.1. The van der Waals surface area contributed by atoms with Crippen molar-refractivity contribution in [2.24, 2.45) is 5.92 Å². The molecule has 0 aliphatic carbocycles. The number of amides is 2. The minimum atomic E-state index is -0.293. The second-order valence-electron chi connectivity index (χ2n) is 8.76. The zero-order valence-electron chi connectivity index (χ0n) is 18.5. The third-order valence-corrected chi connectivity index (χ3v) is 6.65. The average molecular weight is 436 g/mol. The molecule has 2 aromatic carbocycles. The van der Waals surface area contributed by atoms with Crippen molar-refractivity contribution in [3.8, 4) is 11.5 Å². The molecule has 3 heterocycles. The maximum atomic E-state index is 13.2. The maximum absolute atomic E-state index is 13.2. The first kappa shape index (κ1) is 20.8. The fourth-order valence-electron chi connectivity index (χ4n) is 4.74. The van der Waals surface area contributed by atoms with Crippen LogP contribution >= 0.6 is 0 Å². The van der Waals surface area contributed by atoms with E-state index in [1.54, 1.807) is 4.90 Å². The Bertz CT molecular complexity index is 1020. The van der Waals surface area contributed by atoms with E-state index in [4.69, 9.17) is 9.47 Å². The normalized spacial score (nSPS) is 21.2. The van der Waals surface area contributed by atoms with Crippen LogP contribution in [0.15, 0.2) is 42.5 Å². The van der Waals surface area contributed by atoms with Gasteiger partial charge in [0.2, 0.25) is 11.8 Å². The van der Waals surface area contributed by atoms with Gasteiger partial charge in [-0.25, -0.2) is 0 Å². The summed E-state index contributed by atoms with van der Waals surface area (Å²) in [6.45, 7) is 7.62. The van der Waals surface area contributed by atoms with Crippen molar-refractivity contribution in [3.05, 3.63) is 53.6 Å². The van der Waals surface area contributed by atoms with Gasteiger partial charge in [-0.15, -0.1) is 0 Å². The topological polar surface area (TPSA) is 62.3 Å². The van der Waals surface area contributed by atoms with Crippen LogP contribution in [-0.4, -0.2) is 67.6 Å². The number of hydrogen-bond donors (Lipinski definition) is 0. The summed E-state index contributed by atoms with van der Waals surface area (Å²) in [5, 5.41) is 0. The number of anilines is 1. The zero-order valence-corrected chi connectivity index (χ0v) is 18.5. The quantitative estimate of drug-likeness (QED) is 0.738. The number of aryl methyl sites for hydroxylation is 1. The second kappa shape index (κ2) is 8.82. The standard InChI is InChI=1S/C25H29N3O4/c1-18-4-2-3-5-19(18)16-26-8-10-27(11-9-26)25(30)20-14-24(29)28(17-20)21-6-7-22-23(15-21)32-13-12-31-22/h2-7,15,20H,8-14,16-17H2,1H3/t20-/m1/s1. The molecular weight excluding hydrogens is 406 g/mol. The van der Waals surface area contributed by atoms with E-state index in [1.165, 1.54) is 11.1 Å². The summed E-state index contributed by atoms with van der Waals surface area (Å²) in [6.07, 6.45) is 0.261. The number of carbonyl (C=O) groups is 2. The summed E-state index contributed by atoms with van der Waals surface area (Å²) in [5.74, 6) is 1.13. The number of carbonyl (C=O) groups excluding carboxylic acids is 2. The second-order valence-corrected chi connectivity index (χ2v) is 8.76. The fraction of sp³-hybridized carbons (Fsp3) is 0.440. The van der Waals surface area contributed by atoms with Gasteiger partial charge in [0.25, 0.3) is 0 Å². The minimum Gasteiger partial charge on any atom is -0.486 e. The highest BCUT2D eigenvalue weighted by Crippen LogP contribution is 2.36. The van der Waals surface area contributed by atoms with Gasteiger partial charge in [-0.3, -0.25) is 14.5 Å². The molecule has 7 heteroatoms. The molecule has 0 aromatic heterocycles. The lowest BCUT2D eigenvalue weighted by Crippen LogP contribution is -2.50. The van der Waals surface area contributed by atoms with Gasteiger partial charge in [-0.2, -0.15) is 0 Å². The predicted molar refractivity (Wildman–Crippen MR) is 121 cm³/mol. The molecule has 1 atom stereocenters.